The highest BCUT2D eigenvalue weighted by Gasteiger charge is 2.47. The largest absolute Gasteiger partial charge is 0.454 e. The Labute approximate surface area is 262 Å². The highest BCUT2D eigenvalue weighted by Crippen LogP contribution is 2.37. The van der Waals surface area contributed by atoms with E-state index in [1.54, 1.807) is 0 Å². The number of hydrogen-bond donors (Lipinski definition) is 1. The smallest absolute Gasteiger partial charge is 0.260 e. The van der Waals surface area contributed by atoms with Gasteiger partial charge in [-0.2, -0.15) is 5.01 Å². The highest BCUT2D eigenvalue weighted by molar-refractivity contribution is 7.14. The van der Waals surface area contributed by atoms with Gasteiger partial charge in [0.05, 0.1) is 11.4 Å². The summed E-state index contributed by atoms with van der Waals surface area (Å²) in [5.41, 5.74) is 3.75. The van der Waals surface area contributed by atoms with Crippen molar-refractivity contribution in [1.82, 2.24) is 15.2 Å². The Morgan fingerprint density at radius 2 is 1.59 bits per heavy atom. The van der Waals surface area contributed by atoms with Crippen LogP contribution < -0.4 is 24.8 Å². The molecule has 1 unspecified atom stereocenters. The number of amides is 2. The fourth-order valence-corrected chi connectivity index (χ4v) is 6.34. The zero-order valence-electron chi connectivity index (χ0n) is 24.9. The number of nitrogens with one attached hydrogen (secondary N) is 1. The van der Waals surface area contributed by atoms with Crippen LogP contribution in [-0.2, 0) is 16.1 Å². The van der Waals surface area contributed by atoms with Gasteiger partial charge in [0.1, 0.15) is 5.92 Å². The molecule has 7 rings (SSSR count). The summed E-state index contributed by atoms with van der Waals surface area (Å²) < 4.78 is 10.7. The number of anilines is 2. The van der Waals surface area contributed by atoms with Gasteiger partial charge in [-0.05, 0) is 36.2 Å². The third-order valence-electron chi connectivity index (χ3n) is 7.86. The highest BCUT2D eigenvalue weighted by atomic mass is 32.1. The molecule has 9 nitrogen and oxygen atoms in total. The Balaban J connectivity index is 0.000000181. The van der Waals surface area contributed by atoms with Crippen LogP contribution in [0.25, 0.3) is 11.3 Å². The lowest BCUT2D eigenvalue weighted by atomic mass is 10.0. The van der Waals surface area contributed by atoms with Crippen LogP contribution in [0.1, 0.15) is 31.7 Å². The number of aromatic nitrogens is 1. The molecule has 1 N–H and O–H groups in total. The summed E-state index contributed by atoms with van der Waals surface area (Å²) in [4.78, 5) is 33.4. The van der Waals surface area contributed by atoms with Gasteiger partial charge in [0.15, 0.2) is 11.5 Å². The van der Waals surface area contributed by atoms with Gasteiger partial charge < -0.3 is 14.8 Å². The van der Waals surface area contributed by atoms with Crippen molar-refractivity contribution in [2.75, 3.05) is 43.0 Å². The fourth-order valence-electron chi connectivity index (χ4n) is 5.51. The summed E-state index contributed by atoms with van der Waals surface area (Å²) >= 11 is 1.37. The van der Waals surface area contributed by atoms with E-state index in [2.05, 4.69) is 34.3 Å². The van der Waals surface area contributed by atoms with Crippen molar-refractivity contribution in [3.8, 4) is 22.8 Å². The van der Waals surface area contributed by atoms with Gasteiger partial charge in [-0.25, -0.2) is 9.99 Å². The molecule has 2 saturated heterocycles. The number of rotatable bonds is 8. The lowest BCUT2D eigenvalue weighted by Crippen LogP contribution is -2.42. The molecule has 1 aromatic heterocycles. The maximum atomic E-state index is 13.2. The van der Waals surface area contributed by atoms with E-state index in [4.69, 9.17) is 9.47 Å². The molecule has 10 heteroatoms. The molecule has 2 fully saturated rings. The van der Waals surface area contributed by atoms with Gasteiger partial charge in [0.25, 0.3) is 11.8 Å². The van der Waals surface area contributed by atoms with Gasteiger partial charge >= 0.3 is 0 Å². The normalized spacial score (nSPS) is 18.0. The number of carbonyl (C=O) groups excluding carboxylic acids is 2. The quantitative estimate of drug-likeness (QED) is 0.255. The van der Waals surface area contributed by atoms with Gasteiger partial charge in [0, 0.05) is 43.7 Å². The molecule has 3 aliphatic heterocycles. The Morgan fingerprint density at radius 1 is 0.886 bits per heavy atom. The van der Waals surface area contributed by atoms with E-state index in [-0.39, 0.29) is 11.8 Å². The minimum absolute atomic E-state index is 0.180. The standard InChI is InChI=1S/C22H21N3O2S.C12H16N2O2/c1-2-3-14-18-20(26)24(17-12-8-5-9-13-17)25(21(18)27)22-23-19(15-28-22)16-10-6-4-7-11-16;1-2-11-12(16-9-15-11)7-10(1)8-14-5-3-13-4-6-14/h4-13,15,18H,2-3,14H2,1H3;1-2,7,13H,3-6,8-9H2. The first kappa shape index (κ1) is 29.8. The molecule has 0 spiro atoms. The zero-order valence-corrected chi connectivity index (χ0v) is 25.7. The third-order valence-corrected chi connectivity index (χ3v) is 8.67. The van der Waals surface area contributed by atoms with Crippen molar-refractivity contribution in [3.63, 3.8) is 0 Å². The molecule has 0 saturated carbocycles. The maximum Gasteiger partial charge on any atom is 0.260 e. The van der Waals surface area contributed by atoms with Crippen molar-refractivity contribution >= 4 is 34.0 Å². The number of thiazole rings is 1. The molecule has 4 aromatic rings. The third kappa shape index (κ3) is 6.62. The number of unbranched alkanes of at least 4 members (excludes halogenated alkanes) is 1. The summed E-state index contributed by atoms with van der Waals surface area (Å²) in [6, 6.07) is 25.3. The Bertz CT molecular complexity index is 1560. The van der Waals surface area contributed by atoms with Crippen LogP contribution in [0, 0.1) is 5.92 Å². The first-order chi connectivity index (χ1) is 21.6. The van der Waals surface area contributed by atoms with E-state index in [1.807, 2.05) is 72.1 Å². The van der Waals surface area contributed by atoms with Gasteiger partial charge in [0.2, 0.25) is 11.9 Å². The number of piperazine rings is 1. The van der Waals surface area contributed by atoms with E-state index in [0.29, 0.717) is 24.0 Å². The predicted molar refractivity (Wildman–Crippen MR) is 173 cm³/mol. The van der Waals surface area contributed by atoms with Crippen LogP contribution >= 0.6 is 11.3 Å². The van der Waals surface area contributed by atoms with Crippen LogP contribution in [0.5, 0.6) is 11.5 Å². The number of hydrazine groups is 1. The van der Waals surface area contributed by atoms with Gasteiger partial charge in [-0.15, -0.1) is 11.3 Å². The van der Waals surface area contributed by atoms with Crippen molar-refractivity contribution in [1.29, 1.82) is 0 Å². The summed E-state index contributed by atoms with van der Waals surface area (Å²) in [5, 5.41) is 8.73. The number of carbonyl (C=O) groups is 2. The van der Waals surface area contributed by atoms with Crippen LogP contribution in [0.3, 0.4) is 0 Å². The molecule has 3 aliphatic rings. The molecular weight excluding hydrogens is 574 g/mol. The number of fused-ring (bicyclic) bond motifs is 1. The topological polar surface area (TPSA) is 87.2 Å². The van der Waals surface area contributed by atoms with Crippen molar-refractivity contribution in [2.45, 2.75) is 32.7 Å². The second kappa shape index (κ2) is 14.0. The number of hydrogen-bond acceptors (Lipinski definition) is 8. The number of nitrogens with zero attached hydrogens (tertiary/aromatic N) is 4. The first-order valence-electron chi connectivity index (χ1n) is 15.2. The van der Waals surface area contributed by atoms with Gasteiger partial charge in [-0.1, -0.05) is 74.4 Å². The molecule has 1 atom stereocenters. The molecule has 44 heavy (non-hydrogen) atoms. The summed E-state index contributed by atoms with van der Waals surface area (Å²) in [6.45, 7) is 7.83. The van der Waals surface area contributed by atoms with Crippen molar-refractivity contribution < 1.29 is 19.1 Å². The second-order valence-corrected chi connectivity index (χ2v) is 11.8. The lowest BCUT2D eigenvalue weighted by Gasteiger charge is -2.27. The average molecular weight is 612 g/mol. The molecule has 0 bridgehead atoms. The Hall–Kier alpha value is -4.25. The molecule has 0 radical (unpaired) electrons. The Morgan fingerprint density at radius 3 is 2.34 bits per heavy atom. The molecule has 3 aromatic carbocycles. The minimum atomic E-state index is -0.649. The summed E-state index contributed by atoms with van der Waals surface area (Å²) in [7, 11) is 0. The molecule has 0 aliphatic carbocycles. The maximum absolute atomic E-state index is 13.2. The SMILES string of the molecule is CCCCC1C(=O)N(c2ccccc2)N(c2nc(-c3ccccc3)cs2)C1=O.c1cc2c(cc1CN1CCNCC1)OCO2. The second-order valence-electron chi connectivity index (χ2n) is 10.9. The average Bonchev–Trinajstić information content (AvgIpc) is 3.80. The number of para-hydroxylation sites is 1. The Kier molecular flexibility index (Phi) is 9.50. The monoisotopic (exact) mass is 611 g/mol. The predicted octanol–water partition coefficient (Wildman–Crippen LogP) is 5.73. The number of benzene rings is 3. The molecule has 4 heterocycles. The van der Waals surface area contributed by atoms with Crippen LogP contribution in [0.4, 0.5) is 10.8 Å². The van der Waals surface area contributed by atoms with Crippen molar-refractivity contribution in [2.24, 2.45) is 5.92 Å². The fraction of sp³-hybridized carbons (Fsp3) is 0.324. The van der Waals surface area contributed by atoms with Crippen LogP contribution in [-0.4, -0.2) is 54.7 Å². The van der Waals surface area contributed by atoms with E-state index in [1.165, 1.54) is 26.9 Å². The van der Waals surface area contributed by atoms with E-state index in [9.17, 15) is 9.59 Å². The van der Waals surface area contributed by atoms with Gasteiger partial charge in [-0.3, -0.25) is 14.5 Å². The minimum Gasteiger partial charge on any atom is -0.454 e. The van der Waals surface area contributed by atoms with Crippen molar-refractivity contribution in [3.05, 3.63) is 89.8 Å². The first-order valence-corrected chi connectivity index (χ1v) is 16.1. The summed E-state index contributed by atoms with van der Waals surface area (Å²) in [5.74, 6) is 0.721. The van der Waals surface area contributed by atoms with E-state index in [0.717, 1.165) is 68.3 Å². The van der Waals surface area contributed by atoms with Crippen LogP contribution in [0.15, 0.2) is 84.2 Å². The summed E-state index contributed by atoms with van der Waals surface area (Å²) in [6.07, 6.45) is 2.34. The number of ether oxygens (including phenoxy) is 2. The van der Waals surface area contributed by atoms with E-state index >= 15 is 0 Å². The van der Waals surface area contributed by atoms with Crippen LogP contribution in [0.2, 0.25) is 0 Å². The van der Waals surface area contributed by atoms with E-state index < -0.39 is 5.92 Å². The lowest BCUT2D eigenvalue weighted by molar-refractivity contribution is -0.127. The zero-order chi connectivity index (χ0) is 30.3. The molecular formula is C34H37N5O4S. The molecule has 2 amide bonds. The molecule has 228 valence electrons.